The molecule has 0 spiro atoms. The maximum absolute atomic E-state index is 12.6. The first-order valence-corrected chi connectivity index (χ1v) is 18.7. The number of fused-ring (bicyclic) bond motifs is 1. The zero-order valence-corrected chi connectivity index (χ0v) is 29.9. The Morgan fingerprint density at radius 2 is 1.73 bits per heavy atom. The minimum atomic E-state index is -0.362. The van der Waals surface area contributed by atoms with Crippen molar-refractivity contribution in [3.8, 4) is 0 Å². The number of ether oxygens (including phenoxy) is 4. The Hall–Kier alpha value is -2.92. The van der Waals surface area contributed by atoms with Crippen LogP contribution in [0.15, 0.2) is 12.5 Å². The van der Waals surface area contributed by atoms with Crippen LogP contribution in [0, 0.1) is 5.92 Å². The van der Waals surface area contributed by atoms with E-state index in [-0.39, 0.29) is 60.6 Å². The normalized spacial score (nSPS) is 25.0. The summed E-state index contributed by atoms with van der Waals surface area (Å²) in [7, 11) is 0. The van der Waals surface area contributed by atoms with E-state index in [9.17, 15) is 19.2 Å². The highest BCUT2D eigenvalue weighted by Crippen LogP contribution is 2.35. The smallest absolute Gasteiger partial charge is 0.315 e. The Kier molecular flexibility index (Phi) is 16.4. The first-order valence-electron chi connectivity index (χ1n) is 17.7. The fraction of sp³-hybridized carbons (Fsp3) is 0.788. The highest BCUT2D eigenvalue weighted by Gasteiger charge is 2.42. The molecule has 1 unspecified atom stereocenters. The molecule has 0 radical (unpaired) electrons. The van der Waals surface area contributed by atoms with Gasteiger partial charge in [-0.3, -0.25) is 14.4 Å². The number of urea groups is 1. The number of amides is 5. The van der Waals surface area contributed by atoms with Crippen LogP contribution in [-0.4, -0.2) is 121 Å². The molecule has 3 aliphatic heterocycles. The van der Waals surface area contributed by atoms with Crippen molar-refractivity contribution in [3.05, 3.63) is 18.2 Å². The van der Waals surface area contributed by atoms with E-state index in [1.807, 2.05) is 16.3 Å². The van der Waals surface area contributed by atoms with Gasteiger partial charge in [-0.2, -0.15) is 11.8 Å². The van der Waals surface area contributed by atoms with E-state index in [0.29, 0.717) is 76.0 Å². The summed E-state index contributed by atoms with van der Waals surface area (Å²) >= 11 is 1.89. The number of thioether (sulfide) groups is 1. The molecule has 1 aromatic rings. The third-order valence-corrected chi connectivity index (χ3v) is 10.4. The number of nitrogens with zero attached hydrogens (tertiary/aromatic N) is 2. The van der Waals surface area contributed by atoms with Crippen LogP contribution in [0.5, 0.6) is 0 Å². The molecule has 4 heterocycles. The van der Waals surface area contributed by atoms with E-state index >= 15 is 0 Å². The zero-order valence-electron chi connectivity index (χ0n) is 29.1. The van der Waals surface area contributed by atoms with Crippen molar-refractivity contribution in [2.75, 3.05) is 58.5 Å². The lowest BCUT2D eigenvalue weighted by Crippen LogP contribution is -2.38. The standard InChI is InChI=1S/C33H55N7O8S/c1-4-24-17-22(2)32(48-24)40-19-25(36-21-40)31(43)37-23(3)18-29(42)35-10-12-46-14-16-47-15-13-45-11-9-34-28(41)8-6-5-7-27-30-26(20-49-27)38-33(44)39-30/h19,21-24,26-27,30,32H,4-18,20H2,1-3H3,(H,34,41)(H,35,42)(H,37,43)(H2,38,39,44)/t22-,23?,24+,26+,27-,30+,32+/m0/s1. The van der Waals surface area contributed by atoms with E-state index in [1.165, 1.54) is 0 Å². The van der Waals surface area contributed by atoms with E-state index < -0.39 is 0 Å². The van der Waals surface area contributed by atoms with Crippen LogP contribution in [0.2, 0.25) is 0 Å². The lowest BCUT2D eigenvalue weighted by atomic mass is 10.0. The molecule has 49 heavy (non-hydrogen) atoms. The summed E-state index contributed by atoms with van der Waals surface area (Å²) in [5.41, 5.74) is 0.296. The van der Waals surface area contributed by atoms with Gasteiger partial charge in [0.15, 0.2) is 0 Å². The molecule has 0 aromatic carbocycles. The monoisotopic (exact) mass is 709 g/mol. The number of hydrogen-bond acceptors (Lipinski definition) is 10. The van der Waals surface area contributed by atoms with Gasteiger partial charge < -0.3 is 50.1 Å². The highest BCUT2D eigenvalue weighted by molar-refractivity contribution is 8.00. The van der Waals surface area contributed by atoms with Gasteiger partial charge in [0.05, 0.1) is 64.2 Å². The number of aromatic nitrogens is 2. The Balaban J connectivity index is 0.897. The molecule has 0 aliphatic carbocycles. The molecule has 276 valence electrons. The second kappa shape index (κ2) is 20.7. The quantitative estimate of drug-likeness (QED) is 0.0829. The third-order valence-electron chi connectivity index (χ3n) is 8.87. The summed E-state index contributed by atoms with van der Waals surface area (Å²) in [6, 6.07) is 0.0163. The van der Waals surface area contributed by atoms with Crippen molar-refractivity contribution >= 4 is 35.5 Å². The van der Waals surface area contributed by atoms with Gasteiger partial charge in [0.2, 0.25) is 11.8 Å². The fourth-order valence-corrected chi connectivity index (χ4v) is 7.81. The van der Waals surface area contributed by atoms with Crippen LogP contribution < -0.4 is 26.6 Å². The molecule has 4 rings (SSSR count). The van der Waals surface area contributed by atoms with Crippen LogP contribution >= 0.6 is 11.8 Å². The second-order valence-corrected chi connectivity index (χ2v) is 14.2. The Morgan fingerprint density at radius 3 is 2.43 bits per heavy atom. The number of nitrogens with one attached hydrogen (secondary N) is 5. The van der Waals surface area contributed by atoms with Crippen LogP contribution in [0.3, 0.4) is 0 Å². The topological polar surface area (TPSA) is 183 Å². The second-order valence-electron chi connectivity index (χ2n) is 13.0. The average Bonchev–Trinajstić information content (AvgIpc) is 3.86. The Labute approximate surface area is 293 Å². The van der Waals surface area contributed by atoms with Gasteiger partial charge in [0.25, 0.3) is 5.91 Å². The van der Waals surface area contributed by atoms with Gasteiger partial charge in [-0.25, -0.2) is 9.78 Å². The lowest BCUT2D eigenvalue weighted by molar-refractivity contribution is -0.122. The molecule has 3 saturated heterocycles. The molecular weight excluding hydrogens is 654 g/mol. The van der Waals surface area contributed by atoms with Gasteiger partial charge in [0.1, 0.15) is 11.9 Å². The van der Waals surface area contributed by atoms with Crippen LogP contribution in [0.4, 0.5) is 4.79 Å². The van der Waals surface area contributed by atoms with Gasteiger partial charge in [-0.05, 0) is 32.6 Å². The van der Waals surface area contributed by atoms with Crippen LogP contribution in [0.25, 0.3) is 0 Å². The zero-order chi connectivity index (χ0) is 35.0. The van der Waals surface area contributed by atoms with E-state index in [0.717, 1.165) is 37.9 Å². The maximum atomic E-state index is 12.6. The predicted molar refractivity (Wildman–Crippen MR) is 184 cm³/mol. The van der Waals surface area contributed by atoms with Crippen molar-refractivity contribution in [1.29, 1.82) is 0 Å². The molecule has 3 aliphatic rings. The number of imidazole rings is 1. The molecule has 16 heteroatoms. The molecule has 3 fully saturated rings. The summed E-state index contributed by atoms with van der Waals surface area (Å²) in [5.74, 6) is 0.809. The number of hydrogen-bond donors (Lipinski definition) is 5. The van der Waals surface area contributed by atoms with Gasteiger partial charge in [-0.15, -0.1) is 0 Å². The number of rotatable bonds is 23. The van der Waals surface area contributed by atoms with Crippen molar-refractivity contribution in [3.63, 3.8) is 0 Å². The van der Waals surface area contributed by atoms with Crippen LogP contribution in [0.1, 0.15) is 82.4 Å². The van der Waals surface area contributed by atoms with Crippen molar-refractivity contribution in [1.82, 2.24) is 36.1 Å². The molecule has 7 atom stereocenters. The van der Waals surface area contributed by atoms with Gasteiger partial charge >= 0.3 is 6.03 Å². The Morgan fingerprint density at radius 1 is 1.04 bits per heavy atom. The molecule has 5 N–H and O–H groups in total. The minimum Gasteiger partial charge on any atom is -0.377 e. The number of carbonyl (C=O) groups is 4. The summed E-state index contributed by atoms with van der Waals surface area (Å²) in [5, 5.41) is 14.9. The highest BCUT2D eigenvalue weighted by atomic mass is 32.2. The van der Waals surface area contributed by atoms with E-state index in [2.05, 4.69) is 45.4 Å². The number of carbonyl (C=O) groups excluding carboxylic acids is 4. The van der Waals surface area contributed by atoms with E-state index in [4.69, 9.17) is 18.9 Å². The minimum absolute atomic E-state index is 0.0245. The summed E-state index contributed by atoms with van der Waals surface area (Å²) in [4.78, 5) is 52.7. The molecule has 0 bridgehead atoms. The van der Waals surface area contributed by atoms with E-state index in [1.54, 1.807) is 19.4 Å². The summed E-state index contributed by atoms with van der Waals surface area (Å²) < 4.78 is 24.4. The molecule has 0 saturated carbocycles. The maximum Gasteiger partial charge on any atom is 0.315 e. The lowest BCUT2D eigenvalue weighted by Gasteiger charge is -2.16. The molecule has 1 aromatic heterocycles. The summed E-state index contributed by atoms with van der Waals surface area (Å²) in [6.07, 6.45) is 8.78. The first kappa shape index (κ1) is 38.9. The van der Waals surface area contributed by atoms with Crippen molar-refractivity contribution < 1.29 is 38.1 Å². The molecule has 5 amide bonds. The molecular formula is C33H55N7O8S. The average molecular weight is 710 g/mol. The predicted octanol–water partition coefficient (Wildman–Crippen LogP) is 1.73. The number of unbranched alkanes of at least 4 members (excludes halogenated alkanes) is 1. The fourth-order valence-electron chi connectivity index (χ4n) is 6.27. The SMILES string of the molecule is CC[C@@H]1C[C@H](C)[C@H](n2cnc(C(=O)NC(C)CC(=O)NCCOCCOCCOCCNC(=O)CCCC[C@@H]3SC[C@H]4NC(=O)N[C@@H]34)c2)O1. The first-order chi connectivity index (χ1) is 23.7. The van der Waals surface area contributed by atoms with Crippen molar-refractivity contribution in [2.45, 2.75) is 101 Å². The Bertz CT molecular complexity index is 1210. The van der Waals surface area contributed by atoms with Gasteiger partial charge in [-0.1, -0.05) is 20.3 Å². The van der Waals surface area contributed by atoms with Gasteiger partial charge in [0, 0.05) is 55.1 Å². The largest absolute Gasteiger partial charge is 0.377 e. The van der Waals surface area contributed by atoms with Crippen LogP contribution in [-0.2, 0) is 28.5 Å². The summed E-state index contributed by atoms with van der Waals surface area (Å²) in [6.45, 7) is 9.23. The van der Waals surface area contributed by atoms with Crippen molar-refractivity contribution in [2.24, 2.45) is 5.92 Å². The third kappa shape index (κ3) is 13.0. The molecule has 15 nitrogen and oxygen atoms in total.